The van der Waals surface area contributed by atoms with Gasteiger partial charge in [-0.3, -0.25) is 0 Å². The molecule has 1 aromatic carbocycles. The number of nitrogens with zero attached hydrogens (tertiary/aromatic N) is 4. The predicted molar refractivity (Wildman–Crippen MR) is 63.4 cm³/mol. The smallest absolute Gasteiger partial charge is 0.199 e. The number of para-hydroxylation sites is 1. The molecule has 0 amide bonds. The number of benzene rings is 1. The Kier molecular flexibility index (Phi) is 2.05. The number of hydrogen-bond donors (Lipinski definition) is 1. The standard InChI is InChI=1S/C10H8ClN5O/c1-16-8-5(11)3-2-4-6(8)13-10(16)7-9(12)15-17-14-7/h2-4H,1H3,(H2,12,15). The Morgan fingerprint density at radius 3 is 2.82 bits per heavy atom. The van der Waals surface area contributed by atoms with Gasteiger partial charge < -0.3 is 10.3 Å². The number of aromatic nitrogens is 4. The number of fused-ring (bicyclic) bond motifs is 1. The molecule has 0 fully saturated rings. The zero-order valence-corrected chi connectivity index (χ0v) is 9.64. The second-order valence-corrected chi connectivity index (χ2v) is 4.01. The molecule has 17 heavy (non-hydrogen) atoms. The van der Waals surface area contributed by atoms with Crippen molar-refractivity contribution in [2.24, 2.45) is 7.05 Å². The number of rotatable bonds is 1. The van der Waals surface area contributed by atoms with Gasteiger partial charge in [0.05, 0.1) is 16.1 Å². The Hall–Kier alpha value is -2.08. The lowest BCUT2D eigenvalue weighted by Gasteiger charge is -1.99. The molecule has 0 spiro atoms. The summed E-state index contributed by atoms with van der Waals surface area (Å²) in [5.74, 6) is 0.784. The van der Waals surface area contributed by atoms with Crippen LogP contribution in [0.1, 0.15) is 0 Å². The average Bonchev–Trinajstić information content (AvgIpc) is 2.84. The van der Waals surface area contributed by atoms with Crippen LogP contribution in [0.2, 0.25) is 5.02 Å². The van der Waals surface area contributed by atoms with Gasteiger partial charge in [-0.25, -0.2) is 9.61 Å². The van der Waals surface area contributed by atoms with E-state index in [2.05, 4.69) is 19.9 Å². The second-order valence-electron chi connectivity index (χ2n) is 3.60. The summed E-state index contributed by atoms with van der Waals surface area (Å²) in [4.78, 5) is 4.41. The molecule has 0 aliphatic heterocycles. The van der Waals surface area contributed by atoms with E-state index in [1.54, 1.807) is 6.07 Å². The molecule has 7 heteroatoms. The third-order valence-corrected chi connectivity index (χ3v) is 2.88. The molecule has 0 aliphatic carbocycles. The van der Waals surface area contributed by atoms with Crippen molar-refractivity contribution in [3.63, 3.8) is 0 Å². The summed E-state index contributed by atoms with van der Waals surface area (Å²) in [6.07, 6.45) is 0. The second kappa shape index (κ2) is 3.46. The first-order chi connectivity index (χ1) is 8.18. The molecule has 0 radical (unpaired) electrons. The Bertz CT molecular complexity index is 702. The van der Waals surface area contributed by atoms with E-state index in [4.69, 9.17) is 17.3 Å². The highest BCUT2D eigenvalue weighted by molar-refractivity contribution is 6.35. The van der Waals surface area contributed by atoms with E-state index >= 15 is 0 Å². The van der Waals surface area contributed by atoms with E-state index in [9.17, 15) is 0 Å². The van der Waals surface area contributed by atoms with Crippen LogP contribution in [0.25, 0.3) is 22.6 Å². The van der Waals surface area contributed by atoms with Gasteiger partial charge in [0.2, 0.25) is 0 Å². The van der Waals surface area contributed by atoms with E-state index < -0.39 is 0 Å². The molecule has 0 atom stereocenters. The molecule has 3 aromatic rings. The minimum absolute atomic E-state index is 0.208. The summed E-state index contributed by atoms with van der Waals surface area (Å²) < 4.78 is 6.38. The Balaban J connectivity index is 2.36. The highest BCUT2D eigenvalue weighted by Crippen LogP contribution is 2.29. The maximum atomic E-state index is 6.13. The fraction of sp³-hybridized carbons (Fsp3) is 0.100. The molecule has 3 rings (SSSR count). The lowest BCUT2D eigenvalue weighted by atomic mass is 10.3. The first kappa shape index (κ1) is 10.1. The fourth-order valence-electron chi connectivity index (χ4n) is 1.78. The van der Waals surface area contributed by atoms with Crippen LogP contribution in [0.15, 0.2) is 22.8 Å². The van der Waals surface area contributed by atoms with Crippen LogP contribution in [0.3, 0.4) is 0 Å². The quantitative estimate of drug-likeness (QED) is 0.712. The van der Waals surface area contributed by atoms with E-state index in [0.717, 1.165) is 11.0 Å². The first-order valence-electron chi connectivity index (χ1n) is 4.88. The Morgan fingerprint density at radius 1 is 1.35 bits per heavy atom. The van der Waals surface area contributed by atoms with E-state index in [0.29, 0.717) is 16.5 Å². The van der Waals surface area contributed by atoms with Crippen molar-refractivity contribution in [2.75, 3.05) is 5.73 Å². The maximum Gasteiger partial charge on any atom is 0.199 e. The summed E-state index contributed by atoms with van der Waals surface area (Å²) in [6, 6.07) is 5.51. The van der Waals surface area contributed by atoms with Gasteiger partial charge in [0.1, 0.15) is 0 Å². The van der Waals surface area contributed by atoms with Crippen LogP contribution >= 0.6 is 11.6 Å². The Labute approximate surface area is 101 Å². The normalized spacial score (nSPS) is 11.2. The zero-order valence-electron chi connectivity index (χ0n) is 8.88. The van der Waals surface area contributed by atoms with Gasteiger partial charge in [-0.1, -0.05) is 17.7 Å². The fourth-order valence-corrected chi connectivity index (χ4v) is 2.08. The van der Waals surface area contributed by atoms with Crippen molar-refractivity contribution in [3.8, 4) is 11.5 Å². The largest absolute Gasteiger partial charge is 0.379 e. The molecule has 2 heterocycles. The monoisotopic (exact) mass is 249 g/mol. The molecular formula is C10H8ClN5O. The molecule has 86 valence electrons. The van der Waals surface area contributed by atoms with Crippen molar-refractivity contribution < 1.29 is 4.63 Å². The van der Waals surface area contributed by atoms with Gasteiger partial charge in [-0.2, -0.15) is 0 Å². The van der Waals surface area contributed by atoms with E-state index in [-0.39, 0.29) is 5.82 Å². The number of imidazole rings is 1. The van der Waals surface area contributed by atoms with Crippen molar-refractivity contribution in [3.05, 3.63) is 23.2 Å². The van der Waals surface area contributed by atoms with Crippen LogP contribution in [0.4, 0.5) is 5.82 Å². The van der Waals surface area contributed by atoms with Crippen molar-refractivity contribution in [1.82, 2.24) is 19.9 Å². The molecule has 0 aliphatic rings. The van der Waals surface area contributed by atoms with Crippen molar-refractivity contribution in [2.45, 2.75) is 0 Å². The molecule has 0 bridgehead atoms. The molecule has 6 nitrogen and oxygen atoms in total. The lowest BCUT2D eigenvalue weighted by Crippen LogP contribution is -1.96. The minimum Gasteiger partial charge on any atom is -0.379 e. The molecule has 0 saturated heterocycles. The van der Waals surface area contributed by atoms with Crippen LogP contribution in [-0.2, 0) is 7.05 Å². The van der Waals surface area contributed by atoms with E-state index in [1.807, 2.05) is 23.7 Å². The summed E-state index contributed by atoms with van der Waals surface area (Å²) in [5.41, 5.74) is 7.67. The third-order valence-electron chi connectivity index (χ3n) is 2.57. The predicted octanol–water partition coefficient (Wildman–Crippen LogP) is 1.86. The van der Waals surface area contributed by atoms with Gasteiger partial charge in [0.25, 0.3) is 0 Å². The lowest BCUT2D eigenvalue weighted by molar-refractivity contribution is 0.310. The van der Waals surface area contributed by atoms with Crippen LogP contribution in [0, 0.1) is 0 Å². The minimum atomic E-state index is 0.208. The molecule has 0 saturated carbocycles. The summed E-state index contributed by atoms with van der Waals surface area (Å²) >= 11 is 6.13. The van der Waals surface area contributed by atoms with Gasteiger partial charge in [0, 0.05) is 7.05 Å². The third kappa shape index (κ3) is 1.38. The van der Waals surface area contributed by atoms with Gasteiger partial charge >= 0.3 is 0 Å². The SMILES string of the molecule is Cn1c(-c2nonc2N)nc2cccc(Cl)c21. The summed E-state index contributed by atoms with van der Waals surface area (Å²) in [5, 5.41) is 7.89. The molecule has 2 aromatic heterocycles. The van der Waals surface area contributed by atoms with Gasteiger partial charge in [-0.15, -0.1) is 0 Å². The average molecular weight is 250 g/mol. The number of aryl methyl sites for hydroxylation is 1. The Morgan fingerprint density at radius 2 is 2.18 bits per heavy atom. The summed E-state index contributed by atoms with van der Waals surface area (Å²) in [7, 11) is 1.84. The van der Waals surface area contributed by atoms with Gasteiger partial charge in [-0.05, 0) is 22.4 Å². The zero-order chi connectivity index (χ0) is 12.0. The van der Waals surface area contributed by atoms with Gasteiger partial charge in [0.15, 0.2) is 17.3 Å². The summed E-state index contributed by atoms with van der Waals surface area (Å²) in [6.45, 7) is 0. The molecule has 0 unspecified atom stereocenters. The molecule has 2 N–H and O–H groups in total. The number of anilines is 1. The number of halogens is 1. The topological polar surface area (TPSA) is 82.8 Å². The highest BCUT2D eigenvalue weighted by Gasteiger charge is 2.18. The first-order valence-corrected chi connectivity index (χ1v) is 5.25. The van der Waals surface area contributed by atoms with Crippen LogP contribution < -0.4 is 5.73 Å². The van der Waals surface area contributed by atoms with Crippen molar-refractivity contribution >= 4 is 28.5 Å². The number of nitrogens with two attached hydrogens (primary N) is 1. The number of nitrogen functional groups attached to an aromatic ring is 1. The maximum absolute atomic E-state index is 6.13. The van der Waals surface area contributed by atoms with Crippen LogP contribution in [0.5, 0.6) is 0 Å². The van der Waals surface area contributed by atoms with Crippen molar-refractivity contribution in [1.29, 1.82) is 0 Å². The highest BCUT2D eigenvalue weighted by atomic mass is 35.5. The molecular weight excluding hydrogens is 242 g/mol. The van der Waals surface area contributed by atoms with E-state index in [1.165, 1.54) is 0 Å². The number of hydrogen-bond acceptors (Lipinski definition) is 5. The van der Waals surface area contributed by atoms with Crippen LogP contribution in [-0.4, -0.2) is 19.9 Å².